The van der Waals surface area contributed by atoms with E-state index in [1.807, 2.05) is 79.7 Å². The first kappa shape index (κ1) is 25.4. The van der Waals surface area contributed by atoms with Crippen molar-refractivity contribution in [1.82, 2.24) is 4.90 Å². The maximum absolute atomic E-state index is 12.3. The monoisotopic (exact) mass is 508 g/mol. The van der Waals surface area contributed by atoms with Crippen LogP contribution >= 0.6 is 0 Å². The normalized spacial score (nSPS) is 11.9. The molecule has 0 unspecified atom stereocenters. The second-order valence-electron chi connectivity index (χ2n) is 9.12. The molecule has 0 bridgehead atoms. The van der Waals surface area contributed by atoms with Crippen molar-refractivity contribution in [3.05, 3.63) is 114 Å². The van der Waals surface area contributed by atoms with Gasteiger partial charge < -0.3 is 19.1 Å². The molecule has 4 aromatic carbocycles. The lowest BCUT2D eigenvalue weighted by molar-refractivity contribution is -0.144. The summed E-state index contributed by atoms with van der Waals surface area (Å²) in [6.45, 7) is 4.86. The lowest BCUT2D eigenvalue weighted by atomic mass is 10.1. The van der Waals surface area contributed by atoms with Gasteiger partial charge in [-0.15, -0.1) is 0 Å². The molecule has 0 radical (unpaired) electrons. The summed E-state index contributed by atoms with van der Waals surface area (Å²) >= 11 is 0. The van der Waals surface area contributed by atoms with E-state index < -0.39 is 0 Å². The van der Waals surface area contributed by atoms with E-state index in [4.69, 9.17) is 14.2 Å². The number of hydrogen-bond donors (Lipinski definition) is 0. The predicted octanol–water partition coefficient (Wildman–Crippen LogP) is 6.57. The average molecular weight is 509 g/mol. The average Bonchev–Trinajstić information content (AvgIpc) is 2.93. The molecular weight excluding hydrogens is 476 g/mol. The predicted molar refractivity (Wildman–Crippen MR) is 149 cm³/mol. The molecule has 194 valence electrons. The Labute approximate surface area is 224 Å². The van der Waals surface area contributed by atoms with Crippen LogP contribution in [-0.2, 0) is 22.6 Å². The first-order valence-corrected chi connectivity index (χ1v) is 13.0. The van der Waals surface area contributed by atoms with E-state index in [2.05, 4.69) is 40.1 Å². The fraction of sp³-hybridized carbons (Fsp3) is 0.219. The van der Waals surface area contributed by atoms with E-state index in [-0.39, 0.29) is 12.5 Å². The smallest absolute Gasteiger partial charge is 0.320 e. The van der Waals surface area contributed by atoms with Crippen molar-refractivity contribution in [3.8, 4) is 17.2 Å². The number of hydrogen-bond acceptors (Lipinski definition) is 6. The van der Waals surface area contributed by atoms with E-state index in [1.54, 1.807) is 0 Å². The second-order valence-corrected chi connectivity index (χ2v) is 9.12. The molecule has 0 atom stereocenters. The van der Waals surface area contributed by atoms with Gasteiger partial charge >= 0.3 is 5.97 Å². The van der Waals surface area contributed by atoms with E-state index in [1.165, 1.54) is 0 Å². The zero-order valence-electron chi connectivity index (χ0n) is 21.6. The van der Waals surface area contributed by atoms with Gasteiger partial charge in [-0.3, -0.25) is 9.69 Å². The number of rotatable bonds is 11. The summed E-state index contributed by atoms with van der Waals surface area (Å²) in [5.74, 6) is 2.26. The summed E-state index contributed by atoms with van der Waals surface area (Å²) in [6.07, 6.45) is 0. The molecule has 0 aliphatic carbocycles. The molecule has 6 nitrogen and oxygen atoms in total. The standard InChI is InChI=1S/C32H32N2O4/c1-2-36-32(35)24-33(22-25-11-4-3-5-12-25)23-26-13-10-14-27(21-26)37-20-19-34-28-15-6-8-17-30(28)38-31-18-9-7-16-29(31)34/h3-18,21H,2,19-20,22-24H2,1H3. The van der Waals surface area contributed by atoms with Crippen molar-refractivity contribution in [3.63, 3.8) is 0 Å². The van der Waals surface area contributed by atoms with E-state index in [9.17, 15) is 4.79 Å². The fourth-order valence-electron chi connectivity index (χ4n) is 4.67. The SMILES string of the molecule is CCOC(=O)CN(Cc1ccccc1)Cc1cccc(OCCN2c3ccccc3Oc3ccccc32)c1. The maximum atomic E-state index is 12.3. The van der Waals surface area contributed by atoms with E-state index in [0.717, 1.165) is 39.8 Å². The molecule has 0 spiro atoms. The molecule has 1 aliphatic heterocycles. The number of carbonyl (C=O) groups excluding carboxylic acids is 1. The molecule has 1 heterocycles. The van der Waals surface area contributed by atoms with Gasteiger partial charge in [0, 0.05) is 13.1 Å². The van der Waals surface area contributed by atoms with Crippen molar-refractivity contribution in [2.75, 3.05) is 31.2 Å². The summed E-state index contributed by atoms with van der Waals surface area (Å²) < 4.78 is 17.5. The Balaban J connectivity index is 1.25. The summed E-state index contributed by atoms with van der Waals surface area (Å²) in [4.78, 5) is 16.6. The van der Waals surface area contributed by atoms with Crippen LogP contribution in [0.3, 0.4) is 0 Å². The largest absolute Gasteiger partial charge is 0.492 e. The van der Waals surface area contributed by atoms with Gasteiger partial charge in [0.25, 0.3) is 0 Å². The third-order valence-corrected chi connectivity index (χ3v) is 6.33. The highest BCUT2D eigenvalue weighted by Crippen LogP contribution is 2.45. The van der Waals surface area contributed by atoms with Gasteiger partial charge in [-0.2, -0.15) is 0 Å². The van der Waals surface area contributed by atoms with Crippen LogP contribution in [0.15, 0.2) is 103 Å². The van der Waals surface area contributed by atoms with Gasteiger partial charge in [0.15, 0.2) is 11.5 Å². The summed E-state index contributed by atoms with van der Waals surface area (Å²) in [5.41, 5.74) is 4.28. The van der Waals surface area contributed by atoms with Crippen LogP contribution < -0.4 is 14.4 Å². The number of esters is 1. The fourth-order valence-corrected chi connectivity index (χ4v) is 4.67. The number of carbonyl (C=O) groups is 1. The second kappa shape index (κ2) is 12.3. The minimum Gasteiger partial charge on any atom is -0.492 e. The first-order chi connectivity index (χ1) is 18.7. The molecule has 0 fully saturated rings. The topological polar surface area (TPSA) is 51.2 Å². The van der Waals surface area contributed by atoms with Crippen LogP contribution in [0.5, 0.6) is 17.2 Å². The lowest BCUT2D eigenvalue weighted by Crippen LogP contribution is -2.30. The number of benzene rings is 4. The molecule has 5 rings (SSSR count). The van der Waals surface area contributed by atoms with E-state index >= 15 is 0 Å². The highest BCUT2D eigenvalue weighted by molar-refractivity contribution is 5.77. The third kappa shape index (κ3) is 6.33. The number of nitrogens with zero attached hydrogens (tertiary/aromatic N) is 2. The number of ether oxygens (including phenoxy) is 3. The molecule has 0 saturated carbocycles. The molecule has 6 heteroatoms. The summed E-state index contributed by atoms with van der Waals surface area (Å²) in [5, 5.41) is 0. The van der Waals surface area contributed by atoms with Crippen molar-refractivity contribution in [1.29, 1.82) is 0 Å². The van der Waals surface area contributed by atoms with Crippen molar-refractivity contribution in [2.45, 2.75) is 20.0 Å². The minimum absolute atomic E-state index is 0.220. The molecule has 0 aromatic heterocycles. The highest BCUT2D eigenvalue weighted by Gasteiger charge is 2.23. The Bertz CT molecular complexity index is 1310. The van der Waals surface area contributed by atoms with Crippen molar-refractivity contribution >= 4 is 17.3 Å². The highest BCUT2D eigenvalue weighted by atomic mass is 16.5. The molecule has 0 saturated heterocycles. The van der Waals surface area contributed by atoms with Crippen LogP contribution in [0.2, 0.25) is 0 Å². The quantitative estimate of drug-likeness (QED) is 0.214. The van der Waals surface area contributed by atoms with E-state index in [0.29, 0.717) is 32.8 Å². The Kier molecular flexibility index (Phi) is 8.21. The van der Waals surface area contributed by atoms with Gasteiger partial charge in [0.1, 0.15) is 12.4 Å². The minimum atomic E-state index is -0.220. The molecule has 1 aliphatic rings. The summed E-state index contributed by atoms with van der Waals surface area (Å²) in [7, 11) is 0. The Morgan fingerprint density at radius 3 is 2.13 bits per heavy atom. The number of fused-ring (bicyclic) bond motifs is 2. The van der Waals surface area contributed by atoms with Crippen LogP contribution in [0, 0.1) is 0 Å². The van der Waals surface area contributed by atoms with Crippen LogP contribution in [-0.4, -0.2) is 37.2 Å². The Hall–Kier alpha value is -4.29. The Morgan fingerprint density at radius 2 is 1.42 bits per heavy atom. The van der Waals surface area contributed by atoms with Gasteiger partial charge in [-0.1, -0.05) is 66.7 Å². The van der Waals surface area contributed by atoms with Crippen LogP contribution in [0.4, 0.5) is 11.4 Å². The summed E-state index contributed by atoms with van der Waals surface area (Å²) in [6, 6.07) is 34.3. The van der Waals surface area contributed by atoms with Crippen LogP contribution in [0.25, 0.3) is 0 Å². The Morgan fingerprint density at radius 1 is 0.789 bits per heavy atom. The zero-order valence-corrected chi connectivity index (χ0v) is 21.6. The molecule has 4 aromatic rings. The van der Waals surface area contributed by atoms with Gasteiger partial charge in [-0.25, -0.2) is 0 Å². The molecule has 0 amide bonds. The van der Waals surface area contributed by atoms with Gasteiger partial charge in [-0.05, 0) is 54.4 Å². The molecular formula is C32H32N2O4. The van der Waals surface area contributed by atoms with Crippen molar-refractivity contribution in [2.24, 2.45) is 0 Å². The first-order valence-electron chi connectivity index (χ1n) is 13.0. The number of anilines is 2. The molecule has 0 N–H and O–H groups in total. The third-order valence-electron chi connectivity index (χ3n) is 6.33. The zero-order chi connectivity index (χ0) is 26.2. The van der Waals surface area contributed by atoms with Crippen molar-refractivity contribution < 1.29 is 19.0 Å². The van der Waals surface area contributed by atoms with Gasteiger partial charge in [0.05, 0.1) is 31.1 Å². The lowest BCUT2D eigenvalue weighted by Gasteiger charge is -2.32. The molecule has 38 heavy (non-hydrogen) atoms. The van der Waals surface area contributed by atoms with Crippen LogP contribution in [0.1, 0.15) is 18.1 Å². The maximum Gasteiger partial charge on any atom is 0.320 e. The number of para-hydroxylation sites is 4. The van der Waals surface area contributed by atoms with Gasteiger partial charge in [0.2, 0.25) is 0 Å².